The van der Waals surface area contributed by atoms with Gasteiger partial charge in [0, 0.05) is 50.8 Å². The van der Waals surface area contributed by atoms with Gasteiger partial charge in [-0.3, -0.25) is 19.5 Å². The molecule has 1 fully saturated rings. The third-order valence-electron chi connectivity index (χ3n) is 5.96. The Kier molecular flexibility index (Phi) is 7.49. The van der Waals surface area contributed by atoms with Crippen LogP contribution in [0, 0.1) is 12.7 Å². The molecule has 2 N–H and O–H groups in total. The average Bonchev–Trinajstić information content (AvgIpc) is 2.85. The van der Waals surface area contributed by atoms with Crippen LogP contribution in [-0.2, 0) is 9.59 Å². The summed E-state index contributed by atoms with van der Waals surface area (Å²) in [5.41, 5.74) is 3.11. The van der Waals surface area contributed by atoms with Crippen LogP contribution in [-0.4, -0.2) is 54.4 Å². The largest absolute Gasteiger partial charge is 0.367 e. The molecule has 1 unspecified atom stereocenters. The zero-order valence-electron chi connectivity index (χ0n) is 19.1. The van der Waals surface area contributed by atoms with Crippen LogP contribution in [0.3, 0.4) is 0 Å². The lowest BCUT2D eigenvalue weighted by molar-refractivity contribution is -0.136. The van der Waals surface area contributed by atoms with Gasteiger partial charge in [0.05, 0.1) is 11.7 Å². The number of hydrogen-bond acceptors (Lipinski definition) is 5. The lowest BCUT2D eigenvalue weighted by Crippen LogP contribution is -2.50. The summed E-state index contributed by atoms with van der Waals surface area (Å²) in [4.78, 5) is 33.4. The van der Waals surface area contributed by atoms with E-state index in [-0.39, 0.29) is 18.4 Å². The Morgan fingerprint density at radius 3 is 2.50 bits per heavy atom. The quantitative estimate of drug-likeness (QED) is 0.552. The van der Waals surface area contributed by atoms with Crippen molar-refractivity contribution in [1.82, 2.24) is 15.2 Å². The van der Waals surface area contributed by atoms with Gasteiger partial charge in [-0.1, -0.05) is 30.3 Å². The van der Waals surface area contributed by atoms with Crippen LogP contribution < -0.4 is 15.5 Å². The lowest BCUT2D eigenvalue weighted by atomic mass is 10.1. The third kappa shape index (κ3) is 5.77. The number of carbonyl (C=O) groups excluding carboxylic acids is 2. The van der Waals surface area contributed by atoms with Crippen LogP contribution in [0.15, 0.2) is 73.1 Å². The van der Waals surface area contributed by atoms with Crippen molar-refractivity contribution in [2.24, 2.45) is 0 Å². The van der Waals surface area contributed by atoms with Gasteiger partial charge in [0.2, 0.25) is 0 Å². The van der Waals surface area contributed by atoms with Gasteiger partial charge in [-0.2, -0.15) is 0 Å². The van der Waals surface area contributed by atoms with E-state index in [1.807, 2.05) is 42.2 Å². The second kappa shape index (κ2) is 10.9. The molecule has 1 aliphatic rings. The van der Waals surface area contributed by atoms with Gasteiger partial charge in [-0.15, -0.1) is 0 Å². The molecule has 4 rings (SSSR count). The minimum Gasteiger partial charge on any atom is -0.367 e. The van der Waals surface area contributed by atoms with E-state index in [0.717, 1.165) is 11.1 Å². The van der Waals surface area contributed by atoms with Crippen molar-refractivity contribution in [3.63, 3.8) is 0 Å². The molecule has 1 aromatic heterocycles. The maximum Gasteiger partial charge on any atom is 0.313 e. The highest BCUT2D eigenvalue weighted by atomic mass is 19.1. The first-order chi connectivity index (χ1) is 16.5. The number of carbonyl (C=O) groups is 2. The van der Waals surface area contributed by atoms with E-state index in [4.69, 9.17) is 0 Å². The van der Waals surface area contributed by atoms with Gasteiger partial charge < -0.3 is 15.5 Å². The highest BCUT2D eigenvalue weighted by Crippen LogP contribution is 2.25. The highest BCUT2D eigenvalue weighted by Gasteiger charge is 2.27. The molecule has 8 heteroatoms. The van der Waals surface area contributed by atoms with Gasteiger partial charge in [0.1, 0.15) is 5.82 Å². The number of piperazine rings is 1. The number of benzene rings is 2. The Balaban J connectivity index is 1.39. The van der Waals surface area contributed by atoms with E-state index in [2.05, 4.69) is 20.5 Å². The predicted molar refractivity (Wildman–Crippen MR) is 130 cm³/mol. The number of aromatic nitrogens is 1. The number of rotatable bonds is 6. The van der Waals surface area contributed by atoms with Crippen molar-refractivity contribution >= 4 is 23.2 Å². The first-order valence-corrected chi connectivity index (χ1v) is 11.3. The van der Waals surface area contributed by atoms with Crippen LogP contribution in [0.1, 0.15) is 17.2 Å². The predicted octanol–water partition coefficient (Wildman–Crippen LogP) is 3.15. The third-order valence-corrected chi connectivity index (χ3v) is 5.96. The summed E-state index contributed by atoms with van der Waals surface area (Å²) in [7, 11) is 0. The SMILES string of the molecule is Cc1cccc(NC(=O)C(=O)NCC(c2cccnc2)N2CCN(c3ccccc3F)CC2)c1. The summed E-state index contributed by atoms with van der Waals surface area (Å²) in [5.74, 6) is -1.63. The zero-order valence-corrected chi connectivity index (χ0v) is 19.1. The molecule has 0 spiro atoms. The Labute approximate surface area is 198 Å². The van der Waals surface area contributed by atoms with E-state index in [1.165, 1.54) is 6.07 Å². The fourth-order valence-corrected chi connectivity index (χ4v) is 4.19. The number of anilines is 2. The molecule has 0 bridgehead atoms. The van der Waals surface area contributed by atoms with E-state index in [1.54, 1.807) is 36.7 Å². The Morgan fingerprint density at radius 1 is 1.00 bits per heavy atom. The summed E-state index contributed by atoms with van der Waals surface area (Å²) in [6.45, 7) is 4.84. The van der Waals surface area contributed by atoms with Gasteiger partial charge in [-0.05, 0) is 48.4 Å². The van der Waals surface area contributed by atoms with Crippen LogP contribution >= 0.6 is 0 Å². The molecular formula is C26H28FN5O2. The van der Waals surface area contributed by atoms with Crippen LogP contribution in [0.4, 0.5) is 15.8 Å². The standard InChI is InChI=1S/C26H28FN5O2/c1-19-6-4-8-21(16-19)30-26(34)25(33)29-18-24(20-7-5-11-28-17-20)32-14-12-31(13-15-32)23-10-3-2-9-22(23)27/h2-11,16-17,24H,12-15,18H2,1H3,(H,29,33)(H,30,34). The maximum atomic E-state index is 14.2. The highest BCUT2D eigenvalue weighted by molar-refractivity contribution is 6.39. The van der Waals surface area contributed by atoms with Crippen molar-refractivity contribution in [3.8, 4) is 0 Å². The molecule has 0 aliphatic carbocycles. The first-order valence-electron chi connectivity index (χ1n) is 11.3. The minimum atomic E-state index is -0.708. The summed E-state index contributed by atoms with van der Waals surface area (Å²) in [5, 5.41) is 5.41. The molecule has 1 saturated heterocycles. The monoisotopic (exact) mass is 461 g/mol. The van der Waals surface area contributed by atoms with E-state index < -0.39 is 11.8 Å². The Bertz CT molecular complexity index is 1130. The molecule has 2 heterocycles. The van der Waals surface area contributed by atoms with Crippen LogP contribution in [0.5, 0.6) is 0 Å². The van der Waals surface area contributed by atoms with Gasteiger partial charge in [-0.25, -0.2) is 4.39 Å². The molecule has 2 aromatic carbocycles. The number of pyridine rings is 1. The number of hydrogen-bond donors (Lipinski definition) is 2. The number of nitrogens with one attached hydrogen (secondary N) is 2. The van der Waals surface area contributed by atoms with Gasteiger partial charge in [0.25, 0.3) is 0 Å². The molecule has 34 heavy (non-hydrogen) atoms. The molecular weight excluding hydrogens is 433 g/mol. The van der Waals surface area contributed by atoms with Crippen molar-refractivity contribution in [3.05, 3.63) is 90.0 Å². The second-order valence-corrected chi connectivity index (χ2v) is 8.31. The average molecular weight is 462 g/mol. The van der Waals surface area contributed by atoms with Gasteiger partial charge in [0.15, 0.2) is 0 Å². The van der Waals surface area contributed by atoms with Crippen LogP contribution in [0.25, 0.3) is 0 Å². The number of amides is 2. The van der Waals surface area contributed by atoms with E-state index in [9.17, 15) is 14.0 Å². The van der Waals surface area contributed by atoms with Gasteiger partial charge >= 0.3 is 11.8 Å². The first kappa shape index (κ1) is 23.4. The van der Waals surface area contributed by atoms with E-state index >= 15 is 0 Å². The van der Waals surface area contributed by atoms with E-state index in [0.29, 0.717) is 37.6 Å². The summed E-state index contributed by atoms with van der Waals surface area (Å²) in [6, 6.07) is 17.7. The number of aryl methyl sites for hydroxylation is 1. The summed E-state index contributed by atoms with van der Waals surface area (Å²) < 4.78 is 14.2. The smallest absolute Gasteiger partial charge is 0.313 e. The van der Waals surface area contributed by atoms with Crippen LogP contribution in [0.2, 0.25) is 0 Å². The molecule has 3 aromatic rings. The summed E-state index contributed by atoms with van der Waals surface area (Å²) >= 11 is 0. The molecule has 7 nitrogen and oxygen atoms in total. The Morgan fingerprint density at radius 2 is 1.79 bits per heavy atom. The molecule has 1 aliphatic heterocycles. The summed E-state index contributed by atoms with van der Waals surface area (Å²) in [6.07, 6.45) is 3.47. The molecule has 0 radical (unpaired) electrons. The molecule has 1 atom stereocenters. The topological polar surface area (TPSA) is 77.6 Å². The normalized spacial score (nSPS) is 14.9. The van der Waals surface area contributed by atoms with Crippen molar-refractivity contribution in [2.45, 2.75) is 13.0 Å². The molecule has 2 amide bonds. The second-order valence-electron chi connectivity index (χ2n) is 8.31. The zero-order chi connectivity index (χ0) is 23.9. The van der Waals surface area contributed by atoms with Crippen molar-refractivity contribution in [1.29, 1.82) is 0 Å². The number of halogens is 1. The fourth-order valence-electron chi connectivity index (χ4n) is 4.19. The fraction of sp³-hybridized carbons (Fsp3) is 0.269. The Hall–Kier alpha value is -3.78. The molecule has 176 valence electrons. The van der Waals surface area contributed by atoms with Crippen molar-refractivity contribution in [2.75, 3.05) is 42.9 Å². The number of nitrogens with zero attached hydrogens (tertiary/aromatic N) is 3. The minimum absolute atomic E-state index is 0.160. The molecule has 0 saturated carbocycles. The van der Waals surface area contributed by atoms with Crippen molar-refractivity contribution < 1.29 is 14.0 Å². The maximum absolute atomic E-state index is 14.2. The lowest BCUT2D eigenvalue weighted by Gasteiger charge is -2.40. The number of para-hydroxylation sites is 1.